The smallest absolute Gasteiger partial charge is 0.271 e. The lowest BCUT2D eigenvalue weighted by molar-refractivity contribution is -0.384. The molecule has 0 aliphatic carbocycles. The van der Waals surface area contributed by atoms with Crippen molar-refractivity contribution >= 4 is 29.0 Å². The molecular weight excluding hydrogens is 447 g/mol. The Hall–Kier alpha value is -3.31. The van der Waals surface area contributed by atoms with Gasteiger partial charge in [-0.25, -0.2) is 4.39 Å². The number of aromatic nitrogens is 3. The van der Waals surface area contributed by atoms with Crippen LogP contribution in [0, 0.1) is 15.9 Å². The first-order chi connectivity index (χ1) is 15.8. The number of thioether (sulfide) groups is 1. The summed E-state index contributed by atoms with van der Waals surface area (Å²) < 4.78 is 16.0. The summed E-state index contributed by atoms with van der Waals surface area (Å²) in [6.07, 6.45) is 0.830. The van der Waals surface area contributed by atoms with E-state index in [0.29, 0.717) is 11.7 Å². The molecule has 0 saturated carbocycles. The van der Waals surface area contributed by atoms with E-state index in [1.807, 2.05) is 49.0 Å². The number of benzene rings is 2. The van der Waals surface area contributed by atoms with E-state index in [1.165, 1.54) is 11.8 Å². The summed E-state index contributed by atoms with van der Waals surface area (Å²) in [6.45, 7) is 2.61. The third kappa shape index (κ3) is 6.14. The molecule has 3 rings (SSSR count). The average Bonchev–Trinajstić information content (AvgIpc) is 3.16. The zero-order valence-corrected chi connectivity index (χ0v) is 19.4. The van der Waals surface area contributed by atoms with Gasteiger partial charge in [-0.3, -0.25) is 19.8 Å². The zero-order valence-electron chi connectivity index (χ0n) is 18.6. The molecule has 0 aliphatic heterocycles. The fourth-order valence-electron chi connectivity index (χ4n) is 3.39. The van der Waals surface area contributed by atoms with E-state index in [4.69, 9.17) is 0 Å². The van der Waals surface area contributed by atoms with Gasteiger partial charge in [-0.2, -0.15) is 0 Å². The number of hydrogen-bond acceptors (Lipinski definition) is 7. The summed E-state index contributed by atoms with van der Waals surface area (Å²) in [6, 6.07) is 12.9. The molecule has 0 fully saturated rings. The number of carbonyl (C=O) groups is 1. The third-order valence-electron chi connectivity index (χ3n) is 5.00. The van der Waals surface area contributed by atoms with Crippen LogP contribution in [0.1, 0.15) is 30.8 Å². The second-order valence-electron chi connectivity index (χ2n) is 7.56. The van der Waals surface area contributed by atoms with Crippen molar-refractivity contribution < 1.29 is 14.1 Å². The van der Waals surface area contributed by atoms with Crippen LogP contribution in [-0.4, -0.2) is 50.3 Å². The van der Waals surface area contributed by atoms with Gasteiger partial charge in [-0.05, 0) is 32.1 Å². The van der Waals surface area contributed by atoms with E-state index in [2.05, 4.69) is 27.3 Å². The van der Waals surface area contributed by atoms with Crippen molar-refractivity contribution in [1.82, 2.24) is 19.7 Å². The van der Waals surface area contributed by atoms with Crippen molar-refractivity contribution in [3.8, 4) is 0 Å². The molecule has 3 aromatic rings. The fourth-order valence-corrected chi connectivity index (χ4v) is 4.13. The summed E-state index contributed by atoms with van der Waals surface area (Å²) in [7, 11) is 3.95. The van der Waals surface area contributed by atoms with E-state index in [-0.39, 0.29) is 23.2 Å². The number of carbonyl (C=O) groups excluding carboxylic acids is 1. The number of rotatable bonds is 10. The van der Waals surface area contributed by atoms with Gasteiger partial charge in [0, 0.05) is 12.1 Å². The van der Waals surface area contributed by atoms with E-state index in [0.717, 1.165) is 36.0 Å². The molecule has 174 valence electrons. The predicted octanol–water partition coefficient (Wildman–Crippen LogP) is 4.12. The van der Waals surface area contributed by atoms with E-state index >= 15 is 0 Å². The molecule has 9 nitrogen and oxygen atoms in total. The van der Waals surface area contributed by atoms with Crippen LogP contribution < -0.4 is 5.32 Å². The number of nitrogens with zero attached hydrogens (tertiary/aromatic N) is 5. The standard InChI is InChI=1S/C22H25FN6O3S/c1-4-19(27(2)3)21-25-26-22(28(21)13-15-8-6-5-7-9-15)33-14-20(30)24-18-12-16(29(31)32)10-11-17(18)23/h5-12,19H,4,13-14H2,1-3H3,(H,24,30). The van der Waals surface area contributed by atoms with Crippen molar-refractivity contribution in [2.24, 2.45) is 0 Å². The quantitative estimate of drug-likeness (QED) is 0.269. The monoisotopic (exact) mass is 472 g/mol. The molecule has 0 saturated heterocycles. The molecule has 11 heteroatoms. The number of nitro groups is 1. The summed E-state index contributed by atoms with van der Waals surface area (Å²) in [5.74, 6) is -0.521. The van der Waals surface area contributed by atoms with Gasteiger partial charge < -0.3 is 9.88 Å². The number of nitro benzene ring substituents is 1. The van der Waals surface area contributed by atoms with Crippen LogP contribution in [-0.2, 0) is 11.3 Å². The van der Waals surface area contributed by atoms with Crippen LogP contribution in [0.15, 0.2) is 53.7 Å². The van der Waals surface area contributed by atoms with Gasteiger partial charge in [-0.15, -0.1) is 10.2 Å². The summed E-state index contributed by atoms with van der Waals surface area (Å²) in [5.41, 5.74) is 0.526. The normalized spacial score (nSPS) is 12.0. The molecule has 0 bridgehead atoms. The van der Waals surface area contributed by atoms with Gasteiger partial charge in [0.05, 0.1) is 29.0 Å². The lowest BCUT2D eigenvalue weighted by Crippen LogP contribution is -2.23. The highest BCUT2D eigenvalue weighted by Crippen LogP contribution is 2.27. The largest absolute Gasteiger partial charge is 0.323 e. The minimum Gasteiger partial charge on any atom is -0.323 e. The van der Waals surface area contributed by atoms with Crippen LogP contribution >= 0.6 is 11.8 Å². The molecule has 0 radical (unpaired) electrons. The van der Waals surface area contributed by atoms with Crippen LogP contribution in [0.2, 0.25) is 0 Å². The van der Waals surface area contributed by atoms with Crippen LogP contribution in [0.4, 0.5) is 15.8 Å². The Bertz CT molecular complexity index is 1120. The number of nitrogens with one attached hydrogen (secondary N) is 1. The van der Waals surface area contributed by atoms with Gasteiger partial charge >= 0.3 is 0 Å². The first kappa shape index (κ1) is 24.3. The number of halogens is 1. The number of anilines is 1. The molecule has 1 N–H and O–H groups in total. The third-order valence-corrected chi connectivity index (χ3v) is 5.97. The average molecular weight is 473 g/mol. The maximum absolute atomic E-state index is 14.0. The molecule has 0 aliphatic rings. The number of amides is 1. The first-order valence-corrected chi connectivity index (χ1v) is 11.3. The van der Waals surface area contributed by atoms with Gasteiger partial charge in [0.25, 0.3) is 5.69 Å². The first-order valence-electron chi connectivity index (χ1n) is 10.3. The van der Waals surface area contributed by atoms with Crippen LogP contribution in [0.3, 0.4) is 0 Å². The SMILES string of the molecule is CCC(c1nnc(SCC(=O)Nc2cc([N+](=O)[O-])ccc2F)n1Cc1ccccc1)N(C)C. The Labute approximate surface area is 195 Å². The van der Waals surface area contributed by atoms with Crippen LogP contribution in [0.25, 0.3) is 0 Å². The van der Waals surface area contributed by atoms with E-state index in [9.17, 15) is 19.3 Å². The molecule has 1 heterocycles. The van der Waals surface area contributed by atoms with Gasteiger partial charge in [0.15, 0.2) is 11.0 Å². The highest BCUT2D eigenvalue weighted by atomic mass is 32.2. The number of non-ortho nitro benzene ring substituents is 1. The Morgan fingerprint density at radius 3 is 2.61 bits per heavy atom. The maximum atomic E-state index is 14.0. The summed E-state index contributed by atoms with van der Waals surface area (Å²) >= 11 is 1.17. The molecule has 1 atom stereocenters. The lowest BCUT2D eigenvalue weighted by atomic mass is 10.2. The second-order valence-corrected chi connectivity index (χ2v) is 8.50. The Morgan fingerprint density at radius 2 is 1.97 bits per heavy atom. The summed E-state index contributed by atoms with van der Waals surface area (Å²) in [4.78, 5) is 24.8. The Morgan fingerprint density at radius 1 is 1.24 bits per heavy atom. The minimum atomic E-state index is -0.745. The van der Waals surface area contributed by atoms with E-state index < -0.39 is 16.6 Å². The van der Waals surface area contributed by atoms with Crippen molar-refractivity contribution in [3.63, 3.8) is 0 Å². The van der Waals surface area contributed by atoms with Gasteiger partial charge in [0.2, 0.25) is 5.91 Å². The fraction of sp³-hybridized carbons (Fsp3) is 0.318. The molecule has 1 amide bonds. The maximum Gasteiger partial charge on any atom is 0.271 e. The van der Waals surface area contributed by atoms with Crippen molar-refractivity contribution in [2.45, 2.75) is 31.1 Å². The molecule has 0 spiro atoms. The Balaban J connectivity index is 1.79. The highest BCUT2D eigenvalue weighted by Gasteiger charge is 2.23. The summed E-state index contributed by atoms with van der Waals surface area (Å²) in [5, 5.41) is 22.6. The molecule has 1 unspecified atom stereocenters. The lowest BCUT2D eigenvalue weighted by Gasteiger charge is -2.23. The predicted molar refractivity (Wildman–Crippen MR) is 125 cm³/mol. The zero-order chi connectivity index (χ0) is 24.0. The second kappa shape index (κ2) is 11.0. The molecular formula is C22H25FN6O3S. The Kier molecular flexibility index (Phi) is 8.12. The van der Waals surface area contributed by atoms with Crippen molar-refractivity contribution in [2.75, 3.05) is 25.2 Å². The van der Waals surface area contributed by atoms with Gasteiger partial charge in [-0.1, -0.05) is 49.0 Å². The minimum absolute atomic E-state index is 0.0448. The van der Waals surface area contributed by atoms with E-state index in [1.54, 1.807) is 0 Å². The van der Waals surface area contributed by atoms with Crippen molar-refractivity contribution in [1.29, 1.82) is 0 Å². The molecule has 2 aromatic carbocycles. The van der Waals surface area contributed by atoms with Gasteiger partial charge in [0.1, 0.15) is 5.82 Å². The molecule has 1 aromatic heterocycles. The van der Waals surface area contributed by atoms with Crippen LogP contribution in [0.5, 0.6) is 0 Å². The molecule has 33 heavy (non-hydrogen) atoms. The number of hydrogen-bond donors (Lipinski definition) is 1. The topological polar surface area (TPSA) is 106 Å². The highest BCUT2D eigenvalue weighted by molar-refractivity contribution is 7.99. The van der Waals surface area contributed by atoms with Crippen molar-refractivity contribution in [3.05, 3.63) is 75.9 Å².